The summed E-state index contributed by atoms with van der Waals surface area (Å²) in [6.07, 6.45) is 3.24. The van der Waals surface area contributed by atoms with E-state index in [0.717, 1.165) is 53.3 Å². The highest BCUT2D eigenvalue weighted by atomic mass is 32.1. The third-order valence-corrected chi connectivity index (χ3v) is 19.4. The molecule has 0 aromatic heterocycles. The average Bonchev–Trinajstić information content (AvgIpc) is 3.48. The van der Waals surface area contributed by atoms with Crippen LogP contribution >= 0.6 is 12.6 Å². The van der Waals surface area contributed by atoms with Crippen LogP contribution in [0.3, 0.4) is 0 Å². The van der Waals surface area contributed by atoms with E-state index in [2.05, 4.69) is 27.7 Å². The van der Waals surface area contributed by atoms with Gasteiger partial charge in [-0.1, -0.05) is 27.7 Å². The summed E-state index contributed by atoms with van der Waals surface area (Å²) in [4.78, 5) is 0. The average molecular weight is 473 g/mol. The maximum absolute atomic E-state index is 5.25. The van der Waals surface area contributed by atoms with E-state index in [0.29, 0.717) is 5.41 Å². The van der Waals surface area contributed by atoms with Crippen LogP contribution in [0.25, 0.3) is 0 Å². The zero-order valence-electron chi connectivity index (χ0n) is 21.5. The third kappa shape index (κ3) is 1.32. The minimum absolute atomic E-state index is 0.624. The van der Waals surface area contributed by atoms with Crippen molar-refractivity contribution in [2.24, 2.45) is 153 Å². The molecular formula is C33H44S. The molecule has 12 aliphatic rings. The molecule has 1 heteroatoms. The summed E-state index contributed by atoms with van der Waals surface area (Å²) >= 11 is 5.25. The third-order valence-electron chi connectivity index (χ3n) is 18.9. The highest BCUT2D eigenvalue weighted by Crippen LogP contribution is 2.98. The van der Waals surface area contributed by atoms with Gasteiger partial charge >= 0.3 is 0 Å². The van der Waals surface area contributed by atoms with Crippen LogP contribution in [-0.4, -0.2) is 5.75 Å². The van der Waals surface area contributed by atoms with Crippen LogP contribution in [0.15, 0.2) is 0 Å². The lowest BCUT2D eigenvalue weighted by atomic mass is 9.07. The molecule has 26 unspecified atom stereocenters. The van der Waals surface area contributed by atoms with E-state index >= 15 is 0 Å². The van der Waals surface area contributed by atoms with Crippen LogP contribution in [0.5, 0.6) is 0 Å². The fraction of sp³-hybridized carbons (Fsp3) is 1.00. The van der Waals surface area contributed by atoms with Gasteiger partial charge in [0.1, 0.15) is 0 Å². The predicted molar refractivity (Wildman–Crippen MR) is 135 cm³/mol. The van der Waals surface area contributed by atoms with E-state index in [9.17, 15) is 0 Å². The number of hydrogen-bond acceptors (Lipinski definition) is 1. The Kier molecular flexibility index (Phi) is 2.68. The molecule has 0 amide bonds. The summed E-state index contributed by atoms with van der Waals surface area (Å²) in [5.74, 6) is 30.6. The van der Waals surface area contributed by atoms with Gasteiger partial charge in [0, 0.05) is 0 Å². The van der Waals surface area contributed by atoms with Crippen molar-refractivity contribution in [2.45, 2.75) is 40.5 Å². The van der Waals surface area contributed by atoms with Crippen LogP contribution in [0.2, 0.25) is 0 Å². The van der Waals surface area contributed by atoms with Crippen molar-refractivity contribution in [3.63, 3.8) is 0 Å². The van der Waals surface area contributed by atoms with Gasteiger partial charge in [-0.05, 0) is 172 Å². The molecular weight excluding hydrogens is 428 g/mol. The van der Waals surface area contributed by atoms with Gasteiger partial charge < -0.3 is 0 Å². The fourth-order valence-electron chi connectivity index (χ4n) is 18.2. The lowest BCUT2D eigenvalue weighted by Gasteiger charge is -2.97. The van der Waals surface area contributed by atoms with Gasteiger partial charge in [-0.3, -0.25) is 0 Å². The molecule has 12 fully saturated rings. The molecule has 0 spiro atoms. The van der Waals surface area contributed by atoms with E-state index in [-0.39, 0.29) is 0 Å². The molecule has 0 aromatic carbocycles. The summed E-state index contributed by atoms with van der Waals surface area (Å²) in [7, 11) is 0. The zero-order valence-corrected chi connectivity index (χ0v) is 22.4. The van der Waals surface area contributed by atoms with Gasteiger partial charge in [0.2, 0.25) is 0 Å². The van der Waals surface area contributed by atoms with Crippen LogP contribution in [0.4, 0.5) is 0 Å². The molecule has 0 nitrogen and oxygen atoms in total. The lowest BCUT2D eigenvalue weighted by molar-refractivity contribution is -0.503. The summed E-state index contributed by atoms with van der Waals surface area (Å²) < 4.78 is 0. The summed E-state index contributed by atoms with van der Waals surface area (Å²) in [5, 5.41) is 0. The van der Waals surface area contributed by atoms with E-state index in [4.69, 9.17) is 12.6 Å². The Morgan fingerprint density at radius 1 is 0.500 bits per heavy atom. The molecule has 34 heavy (non-hydrogen) atoms. The van der Waals surface area contributed by atoms with E-state index < -0.39 is 0 Å². The number of rotatable bonds is 1. The monoisotopic (exact) mass is 472 g/mol. The van der Waals surface area contributed by atoms with Gasteiger partial charge in [-0.15, -0.1) is 0 Å². The quantitative estimate of drug-likeness (QED) is 0.334. The summed E-state index contributed by atoms with van der Waals surface area (Å²) in [5.41, 5.74) is 0.624. The van der Waals surface area contributed by atoms with Crippen LogP contribution in [-0.2, 0) is 0 Å². The minimum atomic E-state index is 0.624. The van der Waals surface area contributed by atoms with Gasteiger partial charge in [-0.2, -0.15) is 12.6 Å². The lowest BCUT2D eigenvalue weighted by Crippen LogP contribution is -2.94. The van der Waals surface area contributed by atoms with Crippen molar-refractivity contribution in [3.8, 4) is 0 Å². The van der Waals surface area contributed by atoms with Crippen LogP contribution in [0.1, 0.15) is 40.5 Å². The molecule has 182 valence electrons. The topological polar surface area (TPSA) is 0 Å². The normalized spacial score (nSPS) is 87.3. The van der Waals surface area contributed by atoms with Crippen molar-refractivity contribution in [3.05, 3.63) is 0 Å². The van der Waals surface area contributed by atoms with Gasteiger partial charge in [0.05, 0.1) is 0 Å². The standard InChI is InChI=1S/C33H44S/c1-8-5-14-15(8)10(3)9(2)11(4)33(7-34)31(14)30-28-26-24-22-20-18-16-12-6-13(12)17(16)19(18)21(20)23(22)25(24)27(26)29(28)32(30)33/h8-32,34H,5-7H2,1-4H3. The molecule has 12 saturated carbocycles. The molecule has 12 aliphatic carbocycles. The molecule has 0 saturated heterocycles. The predicted octanol–water partition coefficient (Wildman–Crippen LogP) is 6.33. The Balaban J connectivity index is 0.890. The van der Waals surface area contributed by atoms with Crippen molar-refractivity contribution >= 4 is 12.6 Å². The van der Waals surface area contributed by atoms with Crippen molar-refractivity contribution in [2.75, 3.05) is 5.75 Å². The fourth-order valence-corrected chi connectivity index (χ4v) is 18.9. The Morgan fingerprint density at radius 2 is 1.00 bits per heavy atom. The van der Waals surface area contributed by atoms with Crippen LogP contribution in [0, 0.1) is 153 Å². The second-order valence-electron chi connectivity index (χ2n) is 17.5. The molecule has 0 radical (unpaired) electrons. The Bertz CT molecular complexity index is 1080. The molecule has 12 rings (SSSR count). The number of fused-ring (bicyclic) bond motifs is 30. The smallest absolute Gasteiger partial charge is 0.00328 e. The molecule has 0 bridgehead atoms. The van der Waals surface area contributed by atoms with E-state index in [1.807, 2.05) is 0 Å². The van der Waals surface area contributed by atoms with Gasteiger partial charge in [-0.25, -0.2) is 0 Å². The van der Waals surface area contributed by atoms with Gasteiger partial charge in [0.25, 0.3) is 0 Å². The maximum atomic E-state index is 5.25. The largest absolute Gasteiger partial charge is 0.179 e. The second kappa shape index (κ2) is 4.91. The molecule has 0 heterocycles. The van der Waals surface area contributed by atoms with Gasteiger partial charge in [0.15, 0.2) is 0 Å². The first kappa shape index (κ1) is 18.6. The molecule has 0 aromatic rings. The Hall–Kier alpha value is 0.350. The Morgan fingerprint density at radius 3 is 1.53 bits per heavy atom. The maximum Gasteiger partial charge on any atom is -0.00328 e. The number of thiol groups is 1. The summed E-state index contributed by atoms with van der Waals surface area (Å²) in [6.45, 7) is 10.6. The highest BCUT2D eigenvalue weighted by Gasteiger charge is 2.95. The first-order chi connectivity index (χ1) is 16.5. The van der Waals surface area contributed by atoms with Crippen LogP contribution < -0.4 is 0 Å². The van der Waals surface area contributed by atoms with Crippen molar-refractivity contribution < 1.29 is 0 Å². The van der Waals surface area contributed by atoms with E-state index in [1.165, 1.54) is 100 Å². The second-order valence-corrected chi connectivity index (χ2v) is 17.8. The SMILES string of the molecule is CC1CC2C1C(C)C(C)C(C)C1(CS)C2C2C3C4C5C6C7C8C9C%10CC%10C9C8C7C6C5C4C3C21. The molecule has 0 aliphatic heterocycles. The highest BCUT2D eigenvalue weighted by molar-refractivity contribution is 7.80. The van der Waals surface area contributed by atoms with E-state index in [1.54, 1.807) is 12.8 Å². The van der Waals surface area contributed by atoms with Crippen molar-refractivity contribution in [1.29, 1.82) is 0 Å². The molecule has 0 N–H and O–H groups in total. The first-order valence-electron chi connectivity index (χ1n) is 16.1. The molecule has 26 atom stereocenters. The summed E-state index contributed by atoms with van der Waals surface area (Å²) in [6, 6.07) is 0. The number of hydrogen-bond donors (Lipinski definition) is 1. The van der Waals surface area contributed by atoms with Crippen molar-refractivity contribution in [1.82, 2.24) is 0 Å². The Labute approximate surface area is 212 Å². The first-order valence-corrected chi connectivity index (χ1v) is 16.8. The minimum Gasteiger partial charge on any atom is -0.179 e. The zero-order chi connectivity index (χ0) is 22.1.